The number of benzene rings is 3. The fourth-order valence-electron chi connectivity index (χ4n) is 3.65. The van der Waals surface area contributed by atoms with Crippen LogP contribution >= 0.6 is 11.8 Å². The van der Waals surface area contributed by atoms with Crippen LogP contribution < -0.4 is 9.64 Å². The number of aliphatic imine (C=N–C) groups is 1. The predicted molar refractivity (Wildman–Crippen MR) is 144 cm³/mol. The van der Waals surface area contributed by atoms with Crippen molar-refractivity contribution in [3.8, 4) is 5.75 Å². The van der Waals surface area contributed by atoms with Crippen molar-refractivity contribution < 1.29 is 14.3 Å². The highest BCUT2D eigenvalue weighted by Crippen LogP contribution is 2.39. The molecule has 0 radical (unpaired) electrons. The summed E-state index contributed by atoms with van der Waals surface area (Å²) in [4.78, 5) is 32.4. The van der Waals surface area contributed by atoms with E-state index in [-0.39, 0.29) is 11.9 Å². The van der Waals surface area contributed by atoms with E-state index >= 15 is 0 Å². The molecule has 1 aliphatic rings. The Morgan fingerprint density at radius 2 is 1.60 bits per heavy atom. The number of amidine groups is 1. The van der Waals surface area contributed by atoms with Gasteiger partial charge in [-0.15, -0.1) is 0 Å². The fraction of sp³-hybridized carbons (Fsp3) is 0.207. The lowest BCUT2D eigenvalue weighted by molar-refractivity contribution is -0.134. The molecule has 1 fully saturated rings. The number of ether oxygens (including phenoxy) is 1. The fourth-order valence-corrected chi connectivity index (χ4v) is 4.64. The molecule has 0 aromatic heterocycles. The third kappa shape index (κ3) is 5.54. The normalized spacial score (nSPS) is 15.8. The minimum absolute atomic E-state index is 0.116. The first kappa shape index (κ1) is 24.5. The highest BCUT2D eigenvalue weighted by Gasteiger charge is 2.35. The number of rotatable bonds is 5. The van der Waals surface area contributed by atoms with Crippen LogP contribution in [0.2, 0.25) is 0 Å². The first-order valence-corrected chi connectivity index (χ1v) is 12.3. The first-order valence-electron chi connectivity index (χ1n) is 11.5. The molecule has 0 spiro atoms. The summed E-state index contributed by atoms with van der Waals surface area (Å²) in [5, 5.41) is 0.622. The number of hydrogen-bond acceptors (Lipinski definition) is 5. The van der Waals surface area contributed by atoms with E-state index in [1.165, 1.54) is 11.8 Å². The average Bonchev–Trinajstić information content (AvgIpc) is 3.13. The molecule has 6 heteroatoms. The molecule has 4 rings (SSSR count). The second kappa shape index (κ2) is 10.3. The van der Waals surface area contributed by atoms with Crippen molar-refractivity contribution in [1.82, 2.24) is 0 Å². The maximum atomic E-state index is 13.7. The summed E-state index contributed by atoms with van der Waals surface area (Å²) >= 11 is 1.36. The van der Waals surface area contributed by atoms with E-state index in [2.05, 4.69) is 6.07 Å². The molecule has 1 aliphatic heterocycles. The summed E-state index contributed by atoms with van der Waals surface area (Å²) in [6.45, 7) is 9.82. The van der Waals surface area contributed by atoms with Gasteiger partial charge in [-0.05, 0) is 97.6 Å². The van der Waals surface area contributed by atoms with Crippen LogP contribution in [0, 0.1) is 27.7 Å². The standard InChI is InChI=1S/C29H28N2O3S/c1-6-27(32)34-23-13-11-22(12-14-23)17-26-28(33)31(25-16-19(3)8-10-21(25)5)29(35-26)30-24-15-18(2)7-9-20(24)4/h7-17H,6H2,1-5H3/b26-17-,30-29?. The maximum Gasteiger partial charge on any atom is 0.310 e. The Balaban J connectivity index is 1.75. The molecule has 3 aromatic rings. The monoisotopic (exact) mass is 484 g/mol. The number of carbonyl (C=O) groups is 2. The molecule has 0 aliphatic carbocycles. The van der Waals surface area contributed by atoms with E-state index in [4.69, 9.17) is 9.73 Å². The maximum absolute atomic E-state index is 13.7. The lowest BCUT2D eigenvalue weighted by atomic mass is 10.1. The number of hydrogen-bond donors (Lipinski definition) is 0. The van der Waals surface area contributed by atoms with E-state index in [0.717, 1.165) is 39.2 Å². The summed E-state index contributed by atoms with van der Waals surface area (Å²) in [6, 6.07) is 19.4. The van der Waals surface area contributed by atoms with E-state index in [1.807, 2.05) is 76.2 Å². The Morgan fingerprint density at radius 1 is 0.943 bits per heavy atom. The SMILES string of the molecule is CCC(=O)Oc1ccc(/C=C2\SC(=Nc3cc(C)ccc3C)N(c3cc(C)ccc3C)C2=O)cc1. The topological polar surface area (TPSA) is 59.0 Å². The summed E-state index contributed by atoms with van der Waals surface area (Å²) in [6.07, 6.45) is 2.16. The number of nitrogens with zero attached hydrogens (tertiary/aromatic N) is 2. The van der Waals surface area contributed by atoms with Crippen molar-refractivity contribution in [3.63, 3.8) is 0 Å². The van der Waals surface area contributed by atoms with Crippen LogP contribution in [0.4, 0.5) is 11.4 Å². The van der Waals surface area contributed by atoms with E-state index in [1.54, 1.807) is 24.0 Å². The zero-order chi connectivity index (χ0) is 25.1. The van der Waals surface area contributed by atoms with Gasteiger partial charge in [-0.2, -0.15) is 0 Å². The van der Waals surface area contributed by atoms with Gasteiger partial charge in [0, 0.05) is 6.42 Å². The number of aryl methyl sites for hydroxylation is 4. The van der Waals surface area contributed by atoms with Crippen LogP contribution in [-0.4, -0.2) is 17.0 Å². The van der Waals surface area contributed by atoms with E-state index < -0.39 is 0 Å². The molecule has 0 bridgehead atoms. The molecule has 1 heterocycles. The van der Waals surface area contributed by atoms with Gasteiger partial charge in [0.1, 0.15) is 5.75 Å². The minimum atomic E-state index is -0.283. The Kier molecular flexibility index (Phi) is 7.22. The van der Waals surface area contributed by atoms with Crippen LogP contribution in [-0.2, 0) is 9.59 Å². The molecule has 0 saturated carbocycles. The van der Waals surface area contributed by atoms with Gasteiger partial charge >= 0.3 is 5.97 Å². The van der Waals surface area contributed by atoms with Crippen LogP contribution in [0.3, 0.4) is 0 Å². The Morgan fingerprint density at radius 3 is 2.29 bits per heavy atom. The zero-order valence-corrected chi connectivity index (χ0v) is 21.4. The van der Waals surface area contributed by atoms with Gasteiger partial charge in [0.05, 0.1) is 16.3 Å². The van der Waals surface area contributed by atoms with Gasteiger partial charge in [-0.1, -0.05) is 43.3 Å². The molecule has 3 aromatic carbocycles. The smallest absolute Gasteiger partial charge is 0.310 e. The van der Waals surface area contributed by atoms with Gasteiger partial charge in [0.2, 0.25) is 0 Å². The number of anilines is 1. The summed E-state index contributed by atoms with van der Waals surface area (Å²) in [7, 11) is 0. The molecule has 178 valence electrons. The summed E-state index contributed by atoms with van der Waals surface area (Å²) in [5.41, 5.74) is 6.75. The quantitative estimate of drug-likeness (QED) is 0.221. The number of esters is 1. The van der Waals surface area contributed by atoms with Crippen molar-refractivity contribution >= 4 is 46.3 Å². The van der Waals surface area contributed by atoms with Gasteiger partial charge in [-0.3, -0.25) is 14.5 Å². The molecular weight excluding hydrogens is 456 g/mol. The summed E-state index contributed by atoms with van der Waals surface area (Å²) < 4.78 is 5.25. The Hall–Kier alpha value is -3.64. The van der Waals surface area contributed by atoms with Crippen molar-refractivity contribution in [2.45, 2.75) is 41.0 Å². The zero-order valence-electron chi connectivity index (χ0n) is 20.6. The summed E-state index contributed by atoms with van der Waals surface area (Å²) in [5.74, 6) is 0.0851. The van der Waals surface area contributed by atoms with Crippen LogP contribution in [0.1, 0.15) is 41.2 Å². The Bertz CT molecular complexity index is 1360. The van der Waals surface area contributed by atoms with Gasteiger partial charge < -0.3 is 4.74 Å². The van der Waals surface area contributed by atoms with Crippen molar-refractivity contribution in [2.24, 2.45) is 4.99 Å². The largest absolute Gasteiger partial charge is 0.427 e. The van der Waals surface area contributed by atoms with E-state index in [0.29, 0.717) is 22.2 Å². The molecule has 1 amide bonds. The van der Waals surface area contributed by atoms with Gasteiger partial charge in [0.15, 0.2) is 5.17 Å². The first-order chi connectivity index (χ1) is 16.7. The lowest BCUT2D eigenvalue weighted by Gasteiger charge is -2.19. The molecule has 0 atom stereocenters. The second-order valence-electron chi connectivity index (χ2n) is 8.62. The lowest BCUT2D eigenvalue weighted by Crippen LogP contribution is -2.29. The molecular formula is C29H28N2O3S. The highest BCUT2D eigenvalue weighted by atomic mass is 32.2. The average molecular weight is 485 g/mol. The molecule has 0 unspecified atom stereocenters. The van der Waals surface area contributed by atoms with Crippen LogP contribution in [0.5, 0.6) is 5.75 Å². The van der Waals surface area contributed by atoms with Crippen LogP contribution in [0.25, 0.3) is 6.08 Å². The molecule has 5 nitrogen and oxygen atoms in total. The van der Waals surface area contributed by atoms with E-state index in [9.17, 15) is 9.59 Å². The molecule has 1 saturated heterocycles. The predicted octanol–water partition coefficient (Wildman–Crippen LogP) is 7.04. The van der Waals surface area contributed by atoms with Crippen LogP contribution in [0.15, 0.2) is 70.6 Å². The third-order valence-electron chi connectivity index (χ3n) is 5.69. The van der Waals surface area contributed by atoms with Gasteiger partial charge in [0.25, 0.3) is 5.91 Å². The third-order valence-corrected chi connectivity index (χ3v) is 6.66. The minimum Gasteiger partial charge on any atom is -0.427 e. The highest BCUT2D eigenvalue weighted by molar-refractivity contribution is 8.19. The number of thioether (sulfide) groups is 1. The van der Waals surface area contributed by atoms with Crippen molar-refractivity contribution in [2.75, 3.05) is 4.90 Å². The molecule has 0 N–H and O–H groups in total. The van der Waals surface area contributed by atoms with Crippen molar-refractivity contribution in [3.05, 3.63) is 93.4 Å². The molecule has 35 heavy (non-hydrogen) atoms. The Labute approximate surface area is 210 Å². The van der Waals surface area contributed by atoms with Crippen molar-refractivity contribution in [1.29, 1.82) is 0 Å². The number of amides is 1. The van der Waals surface area contributed by atoms with Gasteiger partial charge in [-0.25, -0.2) is 4.99 Å². The second-order valence-corrected chi connectivity index (χ2v) is 9.63. The number of carbonyl (C=O) groups excluding carboxylic acids is 2.